The van der Waals surface area contributed by atoms with Crippen molar-refractivity contribution in [2.24, 2.45) is 0 Å². The number of rotatable bonds is 7. The van der Waals surface area contributed by atoms with Crippen LogP contribution >= 0.6 is 0 Å². The second kappa shape index (κ2) is 11.1. The van der Waals surface area contributed by atoms with E-state index in [2.05, 4.69) is 151 Å². The number of benzene rings is 6. The first-order chi connectivity index (χ1) is 22.7. The normalized spacial score (nSPS) is 12.1. The molecule has 0 radical (unpaired) electrons. The van der Waals surface area contributed by atoms with Gasteiger partial charge in [-0.1, -0.05) is 116 Å². The summed E-state index contributed by atoms with van der Waals surface area (Å²) in [6.45, 7) is 8.28. The Morgan fingerprint density at radius 2 is 1.33 bits per heavy atom. The van der Waals surface area contributed by atoms with Crippen LogP contribution in [0.15, 0.2) is 175 Å². The van der Waals surface area contributed by atoms with Crippen molar-refractivity contribution in [2.45, 2.75) is 0 Å². The molecule has 0 aliphatic rings. The summed E-state index contributed by atoms with van der Waals surface area (Å²) in [5.74, 6) is 0. The second-order valence-corrected chi connectivity index (χ2v) is 11.5. The Hall–Kier alpha value is -6.06. The van der Waals surface area contributed by atoms with Crippen LogP contribution in [0.25, 0.3) is 66.1 Å². The highest BCUT2D eigenvalue weighted by Gasteiger charge is 2.19. The molecular weight excluding hydrogens is 560 g/mol. The third-order valence-corrected chi connectivity index (χ3v) is 8.98. The average molecular weight is 593 g/mol. The van der Waals surface area contributed by atoms with Crippen LogP contribution in [0.5, 0.6) is 0 Å². The molecule has 8 aromatic rings. The Bertz CT molecular complexity index is 2460. The van der Waals surface area contributed by atoms with Gasteiger partial charge in [0.15, 0.2) is 5.58 Å². The zero-order valence-corrected chi connectivity index (χ0v) is 25.7. The number of likely N-dealkylation sites (N-methyl/N-ethyl adjacent to an activating group) is 1. The Morgan fingerprint density at radius 1 is 0.609 bits per heavy atom. The molecule has 0 aliphatic heterocycles. The number of para-hydroxylation sites is 2. The van der Waals surface area contributed by atoms with E-state index in [0.717, 1.165) is 50.1 Å². The minimum atomic E-state index is 0.836. The Kier molecular flexibility index (Phi) is 6.66. The minimum absolute atomic E-state index is 0.836. The molecule has 0 N–H and O–H groups in total. The predicted molar refractivity (Wildman–Crippen MR) is 196 cm³/mol. The van der Waals surface area contributed by atoms with E-state index in [0.29, 0.717) is 0 Å². The fourth-order valence-corrected chi connectivity index (χ4v) is 6.78. The summed E-state index contributed by atoms with van der Waals surface area (Å²) >= 11 is 0. The third kappa shape index (κ3) is 4.36. The molecule has 0 unspecified atom stereocenters. The first-order valence-electron chi connectivity index (χ1n) is 15.5. The number of nitrogens with zero attached hydrogens (tertiary/aromatic N) is 2. The molecule has 0 aliphatic carbocycles. The molecule has 0 bridgehead atoms. The van der Waals surface area contributed by atoms with Crippen molar-refractivity contribution < 1.29 is 4.42 Å². The Morgan fingerprint density at radius 3 is 2.11 bits per heavy atom. The lowest BCUT2D eigenvalue weighted by molar-refractivity contribution is 0.668. The number of allylic oxidation sites excluding steroid dienone is 3. The molecule has 220 valence electrons. The van der Waals surface area contributed by atoms with Gasteiger partial charge in [-0.05, 0) is 65.2 Å². The van der Waals surface area contributed by atoms with E-state index in [4.69, 9.17) is 4.42 Å². The van der Waals surface area contributed by atoms with Crippen molar-refractivity contribution in [2.75, 3.05) is 11.9 Å². The lowest BCUT2D eigenvalue weighted by Gasteiger charge is -2.23. The van der Waals surface area contributed by atoms with Gasteiger partial charge in [0.05, 0.1) is 16.7 Å². The van der Waals surface area contributed by atoms with Gasteiger partial charge in [-0.15, -0.1) is 0 Å². The monoisotopic (exact) mass is 592 g/mol. The Balaban J connectivity index is 1.29. The molecule has 8 rings (SSSR count). The van der Waals surface area contributed by atoms with Gasteiger partial charge in [0, 0.05) is 45.6 Å². The molecule has 0 fully saturated rings. The zero-order chi connectivity index (χ0) is 31.2. The fraction of sp³-hybridized carbons (Fsp3) is 0.0233. The average Bonchev–Trinajstić information content (AvgIpc) is 3.66. The SMILES string of the molecule is C=C/C(=C(\C=C)N(C)c1cccc2c1oc1ccc(-n3c4ccccc4c4cc(-c5ccccc5)ccc43)cc12)c1ccccc1. The van der Waals surface area contributed by atoms with Gasteiger partial charge >= 0.3 is 0 Å². The Labute approximate surface area is 268 Å². The molecule has 3 nitrogen and oxygen atoms in total. The molecule has 0 saturated carbocycles. The van der Waals surface area contributed by atoms with Crippen LogP contribution in [0.3, 0.4) is 0 Å². The van der Waals surface area contributed by atoms with Gasteiger partial charge in [0.1, 0.15) is 5.58 Å². The molecule has 2 heterocycles. The van der Waals surface area contributed by atoms with Gasteiger partial charge in [-0.25, -0.2) is 0 Å². The van der Waals surface area contributed by atoms with Crippen LogP contribution in [-0.2, 0) is 0 Å². The smallest absolute Gasteiger partial charge is 0.159 e. The maximum atomic E-state index is 6.60. The van der Waals surface area contributed by atoms with E-state index >= 15 is 0 Å². The maximum Gasteiger partial charge on any atom is 0.159 e. The molecule has 2 aromatic heterocycles. The molecule has 6 aromatic carbocycles. The summed E-state index contributed by atoms with van der Waals surface area (Å²) < 4.78 is 8.96. The van der Waals surface area contributed by atoms with Crippen LogP contribution in [-0.4, -0.2) is 11.6 Å². The fourth-order valence-electron chi connectivity index (χ4n) is 6.78. The van der Waals surface area contributed by atoms with E-state index in [1.54, 1.807) is 0 Å². The molecule has 0 atom stereocenters. The van der Waals surface area contributed by atoms with E-state index in [-0.39, 0.29) is 0 Å². The molecular formula is C43H32N2O. The first-order valence-corrected chi connectivity index (χ1v) is 15.5. The van der Waals surface area contributed by atoms with E-state index in [1.807, 2.05) is 30.4 Å². The number of anilines is 1. The lowest BCUT2D eigenvalue weighted by Crippen LogP contribution is -2.16. The van der Waals surface area contributed by atoms with Crippen LogP contribution in [0.4, 0.5) is 5.69 Å². The van der Waals surface area contributed by atoms with Gasteiger partial charge in [0.25, 0.3) is 0 Å². The molecule has 0 saturated heterocycles. The van der Waals surface area contributed by atoms with Crippen molar-refractivity contribution in [3.63, 3.8) is 0 Å². The van der Waals surface area contributed by atoms with Crippen LogP contribution in [0.2, 0.25) is 0 Å². The van der Waals surface area contributed by atoms with E-state index < -0.39 is 0 Å². The highest BCUT2D eigenvalue weighted by atomic mass is 16.3. The van der Waals surface area contributed by atoms with Crippen molar-refractivity contribution >= 4 is 55.0 Å². The second-order valence-electron chi connectivity index (χ2n) is 11.5. The molecule has 3 heteroatoms. The van der Waals surface area contributed by atoms with Gasteiger partial charge in [-0.3, -0.25) is 0 Å². The highest BCUT2D eigenvalue weighted by Crippen LogP contribution is 2.40. The summed E-state index contributed by atoms with van der Waals surface area (Å²) in [6, 6.07) is 49.1. The van der Waals surface area contributed by atoms with Crippen molar-refractivity contribution in [3.8, 4) is 16.8 Å². The van der Waals surface area contributed by atoms with Crippen LogP contribution in [0.1, 0.15) is 5.56 Å². The quantitative estimate of drug-likeness (QED) is 0.172. The van der Waals surface area contributed by atoms with Crippen molar-refractivity contribution in [1.29, 1.82) is 0 Å². The standard InChI is InChI=1S/C43H32N2O/c1-4-33(30-17-10-7-11-18-30)38(5-2)44(3)41-22-14-20-35-37-28-32(24-26-42(37)46-43(35)41)45-39-21-13-12-19-34(39)36-27-31(23-25-40(36)45)29-15-8-6-9-16-29/h4-28H,1-2H2,3H3/b38-33-. The lowest BCUT2D eigenvalue weighted by atomic mass is 10.0. The summed E-state index contributed by atoms with van der Waals surface area (Å²) in [6.07, 6.45) is 3.78. The van der Waals surface area contributed by atoms with Gasteiger partial charge in [-0.2, -0.15) is 0 Å². The summed E-state index contributed by atoms with van der Waals surface area (Å²) in [5, 5.41) is 4.61. The molecule has 0 amide bonds. The van der Waals surface area contributed by atoms with Gasteiger partial charge in [0.2, 0.25) is 0 Å². The van der Waals surface area contributed by atoms with Crippen LogP contribution in [0, 0.1) is 0 Å². The largest absolute Gasteiger partial charge is 0.454 e. The zero-order valence-electron chi connectivity index (χ0n) is 25.7. The minimum Gasteiger partial charge on any atom is -0.454 e. The number of fused-ring (bicyclic) bond motifs is 6. The topological polar surface area (TPSA) is 21.3 Å². The van der Waals surface area contributed by atoms with Gasteiger partial charge < -0.3 is 13.9 Å². The van der Waals surface area contributed by atoms with E-state index in [1.165, 1.54) is 32.9 Å². The maximum absolute atomic E-state index is 6.60. The van der Waals surface area contributed by atoms with Crippen molar-refractivity contribution in [3.05, 3.63) is 176 Å². The number of aromatic nitrogens is 1. The van der Waals surface area contributed by atoms with Crippen LogP contribution < -0.4 is 4.90 Å². The highest BCUT2D eigenvalue weighted by molar-refractivity contribution is 6.12. The summed E-state index contributed by atoms with van der Waals surface area (Å²) in [4.78, 5) is 2.14. The predicted octanol–water partition coefficient (Wildman–Crippen LogP) is 11.6. The number of hydrogen-bond acceptors (Lipinski definition) is 2. The summed E-state index contributed by atoms with van der Waals surface area (Å²) in [7, 11) is 2.05. The summed E-state index contributed by atoms with van der Waals surface area (Å²) in [5.41, 5.74) is 11.6. The number of furan rings is 1. The first kappa shape index (κ1) is 27.5. The third-order valence-electron chi connectivity index (χ3n) is 8.98. The number of hydrogen-bond donors (Lipinski definition) is 0. The van der Waals surface area contributed by atoms with E-state index in [9.17, 15) is 0 Å². The van der Waals surface area contributed by atoms with Crippen molar-refractivity contribution in [1.82, 2.24) is 4.57 Å². The molecule has 46 heavy (non-hydrogen) atoms. The molecule has 0 spiro atoms.